The summed E-state index contributed by atoms with van der Waals surface area (Å²) in [6.45, 7) is -0.0978. The van der Waals surface area contributed by atoms with Crippen molar-refractivity contribution in [1.82, 2.24) is 0 Å². The average Bonchev–Trinajstić information content (AvgIpc) is 2.53. The number of hydrogen-bond acceptors (Lipinski definition) is 2. The van der Waals surface area contributed by atoms with Gasteiger partial charge in [0.1, 0.15) is 0 Å². The zero-order chi connectivity index (χ0) is 15.7. The van der Waals surface area contributed by atoms with Crippen LogP contribution < -0.4 is 4.90 Å². The van der Waals surface area contributed by atoms with E-state index in [0.29, 0.717) is 5.56 Å². The molecule has 2 aromatic rings. The fourth-order valence-corrected chi connectivity index (χ4v) is 2.50. The van der Waals surface area contributed by atoms with Gasteiger partial charge in [-0.15, -0.1) is 0 Å². The van der Waals surface area contributed by atoms with Crippen LogP contribution in [0, 0.1) is 0 Å². The molecule has 0 saturated heterocycles. The smallest absolute Gasteiger partial charge is 0.336 e. The Hall–Kier alpha value is -2.56. The molecule has 0 saturated carbocycles. The summed E-state index contributed by atoms with van der Waals surface area (Å²) >= 11 is 0. The normalized spacial score (nSPS) is 14.3. The Labute approximate surface area is 125 Å². The number of benzene rings is 2. The molecule has 3 rings (SSSR count). The summed E-state index contributed by atoms with van der Waals surface area (Å²) in [5, 5.41) is 0. The van der Waals surface area contributed by atoms with Gasteiger partial charge < -0.3 is 4.90 Å². The van der Waals surface area contributed by atoms with Crippen molar-refractivity contribution in [3.8, 4) is 0 Å². The van der Waals surface area contributed by atoms with E-state index in [9.17, 15) is 18.0 Å². The third-order valence-electron chi connectivity index (χ3n) is 3.50. The number of Topliss-reactive ketones (excluding diaryl/α,β-unsaturated/α-hetero) is 1. The van der Waals surface area contributed by atoms with Gasteiger partial charge in [0.05, 0.1) is 6.54 Å². The molecule has 0 unspecified atom stereocenters. The molecule has 112 valence electrons. The number of carbonyl (C=O) groups excluding carboxylic acids is 1. The molecule has 1 aliphatic rings. The average molecular weight is 303 g/mol. The van der Waals surface area contributed by atoms with E-state index in [2.05, 4.69) is 0 Å². The number of para-hydroxylation sites is 2. The minimum Gasteiger partial charge on any atom is -0.336 e. The Balaban J connectivity index is 2.08. The highest BCUT2D eigenvalue weighted by molar-refractivity contribution is 6.06. The second-order valence-electron chi connectivity index (χ2n) is 4.98. The molecule has 0 radical (unpaired) electrons. The standard InChI is InChI=1S/C17H12F3NO/c18-17(19,20)16(22)13-10-12-6-4-5-9-15(12)21(11-13)14-7-2-1-3-8-14/h1-10H,11H2. The molecule has 0 spiro atoms. The quantitative estimate of drug-likeness (QED) is 0.822. The van der Waals surface area contributed by atoms with Gasteiger partial charge in [0.15, 0.2) is 0 Å². The molecule has 0 N–H and O–H groups in total. The van der Waals surface area contributed by atoms with Crippen LogP contribution in [0.3, 0.4) is 0 Å². The molecule has 0 aromatic heterocycles. The van der Waals surface area contributed by atoms with Crippen molar-refractivity contribution in [3.63, 3.8) is 0 Å². The van der Waals surface area contributed by atoms with E-state index in [-0.39, 0.29) is 12.1 Å². The van der Waals surface area contributed by atoms with Crippen LogP contribution in [0.2, 0.25) is 0 Å². The van der Waals surface area contributed by atoms with E-state index < -0.39 is 12.0 Å². The third-order valence-corrected chi connectivity index (χ3v) is 3.50. The summed E-state index contributed by atoms with van der Waals surface area (Å²) < 4.78 is 38.2. The van der Waals surface area contributed by atoms with Gasteiger partial charge in [-0.25, -0.2) is 0 Å². The molecule has 1 aliphatic heterocycles. The van der Waals surface area contributed by atoms with Crippen LogP contribution in [0.15, 0.2) is 60.2 Å². The van der Waals surface area contributed by atoms with Crippen molar-refractivity contribution in [2.75, 3.05) is 11.4 Å². The summed E-state index contributed by atoms with van der Waals surface area (Å²) in [7, 11) is 0. The zero-order valence-corrected chi connectivity index (χ0v) is 11.5. The molecule has 0 amide bonds. The van der Waals surface area contributed by atoms with Crippen LogP contribution in [-0.2, 0) is 4.79 Å². The lowest BCUT2D eigenvalue weighted by atomic mass is 9.99. The second-order valence-corrected chi connectivity index (χ2v) is 4.98. The molecule has 0 atom stereocenters. The minimum absolute atomic E-state index is 0.0978. The van der Waals surface area contributed by atoms with Gasteiger partial charge >= 0.3 is 6.18 Å². The zero-order valence-electron chi connectivity index (χ0n) is 11.5. The van der Waals surface area contributed by atoms with E-state index in [4.69, 9.17) is 0 Å². The van der Waals surface area contributed by atoms with Crippen LogP contribution >= 0.6 is 0 Å². The van der Waals surface area contributed by atoms with Gasteiger partial charge in [0, 0.05) is 16.9 Å². The number of carbonyl (C=O) groups is 1. The molecule has 0 bridgehead atoms. The van der Waals surface area contributed by atoms with Crippen molar-refractivity contribution in [2.45, 2.75) is 6.18 Å². The van der Waals surface area contributed by atoms with E-state index in [1.165, 1.54) is 6.08 Å². The summed E-state index contributed by atoms with van der Waals surface area (Å²) in [5.74, 6) is -1.79. The Morgan fingerprint density at radius 1 is 0.955 bits per heavy atom. The fourth-order valence-electron chi connectivity index (χ4n) is 2.50. The summed E-state index contributed by atoms with van der Waals surface area (Å²) in [6, 6.07) is 16.1. The van der Waals surface area contributed by atoms with Gasteiger partial charge in [-0.3, -0.25) is 4.79 Å². The maximum atomic E-state index is 12.7. The van der Waals surface area contributed by atoms with Gasteiger partial charge in [0.25, 0.3) is 5.78 Å². The molecule has 0 aliphatic carbocycles. The molecule has 22 heavy (non-hydrogen) atoms. The fraction of sp³-hybridized carbons (Fsp3) is 0.118. The van der Waals surface area contributed by atoms with Crippen LogP contribution in [0.25, 0.3) is 6.08 Å². The Morgan fingerprint density at radius 2 is 1.59 bits per heavy atom. The monoisotopic (exact) mass is 303 g/mol. The molecular weight excluding hydrogens is 291 g/mol. The SMILES string of the molecule is O=C(C1=Cc2ccccc2N(c2ccccc2)C1)C(F)(F)F. The molecular formula is C17H12F3NO. The first-order valence-corrected chi connectivity index (χ1v) is 6.70. The first-order chi connectivity index (χ1) is 10.5. The van der Waals surface area contributed by atoms with Crippen molar-refractivity contribution < 1.29 is 18.0 Å². The Bertz CT molecular complexity index is 735. The summed E-state index contributed by atoms with van der Waals surface area (Å²) in [4.78, 5) is 13.3. The summed E-state index contributed by atoms with van der Waals surface area (Å²) in [6.07, 6.45) is -3.54. The largest absolute Gasteiger partial charge is 0.454 e. The maximum absolute atomic E-state index is 12.7. The van der Waals surface area contributed by atoms with Crippen LogP contribution in [-0.4, -0.2) is 18.5 Å². The van der Waals surface area contributed by atoms with Gasteiger partial charge in [-0.05, 0) is 29.8 Å². The van der Waals surface area contributed by atoms with Crippen molar-refractivity contribution in [2.24, 2.45) is 0 Å². The van der Waals surface area contributed by atoms with Crippen molar-refractivity contribution >= 4 is 23.2 Å². The Morgan fingerprint density at radius 3 is 2.27 bits per heavy atom. The van der Waals surface area contributed by atoms with Crippen LogP contribution in [0.1, 0.15) is 5.56 Å². The van der Waals surface area contributed by atoms with Crippen LogP contribution in [0.5, 0.6) is 0 Å². The van der Waals surface area contributed by atoms with E-state index in [0.717, 1.165) is 11.4 Å². The predicted molar refractivity (Wildman–Crippen MR) is 78.9 cm³/mol. The number of ketones is 1. The first-order valence-electron chi connectivity index (χ1n) is 6.70. The van der Waals surface area contributed by atoms with Crippen molar-refractivity contribution in [3.05, 3.63) is 65.7 Å². The number of fused-ring (bicyclic) bond motifs is 1. The highest BCUT2D eigenvalue weighted by Crippen LogP contribution is 2.36. The molecule has 5 heteroatoms. The molecule has 1 heterocycles. The number of rotatable bonds is 2. The Kier molecular flexibility index (Phi) is 3.48. The number of halogens is 3. The number of anilines is 2. The van der Waals surface area contributed by atoms with E-state index >= 15 is 0 Å². The highest BCUT2D eigenvalue weighted by Gasteiger charge is 2.41. The number of alkyl halides is 3. The van der Waals surface area contributed by atoms with E-state index in [1.807, 2.05) is 30.3 Å². The number of nitrogens with zero attached hydrogens (tertiary/aromatic N) is 1. The molecule has 2 nitrogen and oxygen atoms in total. The van der Waals surface area contributed by atoms with E-state index in [1.54, 1.807) is 29.2 Å². The molecule has 0 fully saturated rings. The second kappa shape index (κ2) is 5.33. The molecule has 2 aromatic carbocycles. The highest BCUT2D eigenvalue weighted by atomic mass is 19.4. The summed E-state index contributed by atoms with van der Waals surface area (Å²) in [5.41, 5.74) is 1.88. The van der Waals surface area contributed by atoms with Gasteiger partial charge in [0.2, 0.25) is 0 Å². The predicted octanol–water partition coefficient (Wildman–Crippen LogP) is 4.35. The van der Waals surface area contributed by atoms with Gasteiger partial charge in [-0.1, -0.05) is 36.4 Å². The van der Waals surface area contributed by atoms with Gasteiger partial charge in [-0.2, -0.15) is 13.2 Å². The third kappa shape index (κ3) is 2.62. The number of hydrogen-bond donors (Lipinski definition) is 0. The van der Waals surface area contributed by atoms with Crippen LogP contribution in [0.4, 0.5) is 24.5 Å². The lowest BCUT2D eigenvalue weighted by Crippen LogP contribution is -2.33. The first kappa shape index (κ1) is 14.4. The van der Waals surface area contributed by atoms with Crippen molar-refractivity contribution in [1.29, 1.82) is 0 Å². The lowest BCUT2D eigenvalue weighted by Gasteiger charge is -2.31. The topological polar surface area (TPSA) is 20.3 Å². The maximum Gasteiger partial charge on any atom is 0.454 e. The minimum atomic E-state index is -4.86. The lowest BCUT2D eigenvalue weighted by molar-refractivity contribution is -0.166.